The van der Waals surface area contributed by atoms with Crippen molar-refractivity contribution in [1.82, 2.24) is 4.90 Å². The molecule has 118 valence electrons. The summed E-state index contributed by atoms with van der Waals surface area (Å²) in [6, 6.07) is 8.80. The third-order valence-electron chi connectivity index (χ3n) is 3.74. The van der Waals surface area contributed by atoms with Gasteiger partial charge in [-0.1, -0.05) is 42.5 Å². The van der Waals surface area contributed by atoms with Crippen LogP contribution in [-0.4, -0.2) is 31.0 Å². The number of hydrogen-bond acceptors (Lipinski definition) is 3. The number of ether oxygens (including phenoxy) is 1. The molecular weight excluding hydrogens is 281 g/mol. The zero-order valence-electron chi connectivity index (χ0n) is 13.3. The first-order valence-electron chi connectivity index (χ1n) is 7.47. The van der Waals surface area contributed by atoms with Crippen LogP contribution >= 0.6 is 0 Å². The van der Waals surface area contributed by atoms with Gasteiger partial charge in [-0.15, -0.1) is 0 Å². The van der Waals surface area contributed by atoms with E-state index in [0.29, 0.717) is 18.4 Å². The zero-order chi connectivity index (χ0) is 16.1. The number of hydrogen-bond donors (Lipinski definition) is 0. The molecule has 0 saturated carbocycles. The number of esters is 1. The Morgan fingerprint density at radius 1 is 1.27 bits per heavy atom. The minimum atomic E-state index is -0.720. The van der Waals surface area contributed by atoms with Crippen molar-refractivity contribution in [3.8, 4) is 0 Å². The molecule has 1 aliphatic rings. The lowest BCUT2D eigenvalue weighted by atomic mass is 9.98. The molecule has 1 aromatic carbocycles. The second kappa shape index (κ2) is 7.36. The Morgan fingerprint density at radius 3 is 2.55 bits per heavy atom. The van der Waals surface area contributed by atoms with Gasteiger partial charge < -0.3 is 4.74 Å². The van der Waals surface area contributed by atoms with E-state index in [-0.39, 0.29) is 11.9 Å². The maximum atomic E-state index is 14.1. The largest absolute Gasteiger partial charge is 0.456 e. The molecule has 1 aromatic rings. The number of benzene rings is 1. The molecule has 2 atom stereocenters. The molecule has 0 aromatic heterocycles. The van der Waals surface area contributed by atoms with E-state index >= 15 is 0 Å². The number of halogens is 1. The van der Waals surface area contributed by atoms with Gasteiger partial charge in [-0.05, 0) is 33.0 Å². The van der Waals surface area contributed by atoms with Gasteiger partial charge in [0, 0.05) is 12.0 Å². The van der Waals surface area contributed by atoms with Crippen molar-refractivity contribution in [2.75, 3.05) is 14.1 Å². The lowest BCUT2D eigenvalue weighted by Gasteiger charge is -2.27. The highest BCUT2D eigenvalue weighted by molar-refractivity contribution is 5.81. The smallest absolute Gasteiger partial charge is 0.328 e. The Kier molecular flexibility index (Phi) is 5.50. The molecule has 0 aliphatic heterocycles. The molecule has 22 heavy (non-hydrogen) atoms. The second-order valence-electron chi connectivity index (χ2n) is 5.66. The fourth-order valence-corrected chi connectivity index (χ4v) is 2.54. The van der Waals surface area contributed by atoms with Crippen molar-refractivity contribution in [2.24, 2.45) is 0 Å². The Balaban J connectivity index is 2.16. The van der Waals surface area contributed by atoms with Crippen LogP contribution < -0.4 is 0 Å². The summed E-state index contributed by atoms with van der Waals surface area (Å²) in [5.41, 5.74) is 1.32. The van der Waals surface area contributed by atoms with Crippen LogP contribution in [-0.2, 0) is 9.53 Å². The van der Waals surface area contributed by atoms with Gasteiger partial charge in [-0.2, -0.15) is 0 Å². The highest BCUT2D eigenvalue weighted by Crippen LogP contribution is 2.27. The first kappa shape index (κ1) is 16.4. The zero-order valence-corrected chi connectivity index (χ0v) is 13.3. The van der Waals surface area contributed by atoms with Crippen LogP contribution in [0.25, 0.3) is 0 Å². The Labute approximate surface area is 131 Å². The van der Waals surface area contributed by atoms with Crippen molar-refractivity contribution in [3.05, 3.63) is 59.4 Å². The molecule has 2 unspecified atom stereocenters. The average Bonchev–Trinajstić information content (AvgIpc) is 2.50. The molecule has 4 heteroatoms. The van der Waals surface area contributed by atoms with Crippen LogP contribution in [0.4, 0.5) is 4.39 Å². The highest BCUT2D eigenvalue weighted by Gasteiger charge is 2.30. The SMILES string of the molecule is CC(OC(=O)C(C1=C(F)CCC=C1)N(C)C)c1ccccc1. The minimum absolute atomic E-state index is 0.231. The molecule has 0 amide bonds. The summed E-state index contributed by atoms with van der Waals surface area (Å²) in [6.07, 6.45) is 4.23. The molecule has 0 fully saturated rings. The van der Waals surface area contributed by atoms with Crippen molar-refractivity contribution >= 4 is 5.97 Å². The van der Waals surface area contributed by atoms with Crippen molar-refractivity contribution in [1.29, 1.82) is 0 Å². The van der Waals surface area contributed by atoms with Gasteiger partial charge >= 0.3 is 5.97 Å². The topological polar surface area (TPSA) is 29.5 Å². The predicted molar refractivity (Wildman–Crippen MR) is 84.9 cm³/mol. The predicted octanol–water partition coefficient (Wildman–Crippen LogP) is 3.79. The fourth-order valence-electron chi connectivity index (χ4n) is 2.54. The molecular formula is C18H22FNO2. The summed E-state index contributed by atoms with van der Waals surface area (Å²) < 4.78 is 19.6. The molecule has 0 radical (unpaired) electrons. The van der Waals surface area contributed by atoms with Crippen LogP contribution in [0.5, 0.6) is 0 Å². The maximum Gasteiger partial charge on any atom is 0.328 e. The summed E-state index contributed by atoms with van der Waals surface area (Å²) in [6.45, 7) is 1.82. The molecule has 0 heterocycles. The first-order valence-corrected chi connectivity index (χ1v) is 7.47. The molecule has 3 nitrogen and oxygen atoms in total. The maximum absolute atomic E-state index is 14.1. The summed E-state index contributed by atoms with van der Waals surface area (Å²) >= 11 is 0. The summed E-state index contributed by atoms with van der Waals surface area (Å²) in [7, 11) is 3.50. The van der Waals surface area contributed by atoms with Crippen LogP contribution in [0.2, 0.25) is 0 Å². The number of rotatable bonds is 5. The van der Waals surface area contributed by atoms with E-state index in [1.54, 1.807) is 25.1 Å². The monoisotopic (exact) mass is 303 g/mol. The van der Waals surface area contributed by atoms with E-state index in [1.807, 2.05) is 43.3 Å². The first-order chi connectivity index (χ1) is 10.5. The number of carbonyl (C=O) groups excluding carboxylic acids is 1. The average molecular weight is 303 g/mol. The van der Waals surface area contributed by atoms with E-state index in [4.69, 9.17) is 4.74 Å². The van der Waals surface area contributed by atoms with Crippen molar-refractivity contribution in [2.45, 2.75) is 31.9 Å². The van der Waals surface area contributed by atoms with Gasteiger partial charge in [0.2, 0.25) is 0 Å². The van der Waals surface area contributed by atoms with E-state index in [2.05, 4.69) is 0 Å². The fraction of sp³-hybridized carbons (Fsp3) is 0.389. The minimum Gasteiger partial charge on any atom is -0.456 e. The third kappa shape index (κ3) is 3.83. The number of nitrogens with zero attached hydrogens (tertiary/aromatic N) is 1. The van der Waals surface area contributed by atoms with Gasteiger partial charge in [-0.3, -0.25) is 4.90 Å². The lowest BCUT2D eigenvalue weighted by Crippen LogP contribution is -2.39. The van der Waals surface area contributed by atoms with Gasteiger partial charge in [0.1, 0.15) is 18.0 Å². The molecule has 0 saturated heterocycles. The molecule has 1 aliphatic carbocycles. The lowest BCUT2D eigenvalue weighted by molar-refractivity contribution is -0.152. The van der Waals surface area contributed by atoms with Crippen LogP contribution in [0.15, 0.2) is 53.9 Å². The standard InChI is InChI=1S/C18H22FNO2/c1-13(14-9-5-4-6-10-14)22-18(21)17(20(2)3)15-11-7-8-12-16(15)19/h4-7,9-11,13,17H,8,12H2,1-3H3. The van der Waals surface area contributed by atoms with Crippen LogP contribution in [0, 0.1) is 0 Å². The molecule has 2 rings (SSSR count). The summed E-state index contributed by atoms with van der Waals surface area (Å²) in [5, 5.41) is 0. The second-order valence-corrected chi connectivity index (χ2v) is 5.66. The number of allylic oxidation sites excluding steroid dienone is 2. The quantitative estimate of drug-likeness (QED) is 0.775. The van der Waals surface area contributed by atoms with Crippen molar-refractivity contribution in [3.63, 3.8) is 0 Å². The number of likely N-dealkylation sites (N-methyl/N-ethyl adjacent to an activating group) is 1. The molecule has 0 N–H and O–H groups in total. The highest BCUT2D eigenvalue weighted by atomic mass is 19.1. The van der Waals surface area contributed by atoms with E-state index in [9.17, 15) is 9.18 Å². The van der Waals surface area contributed by atoms with Crippen LogP contribution in [0.3, 0.4) is 0 Å². The molecule has 0 spiro atoms. The number of carbonyl (C=O) groups is 1. The van der Waals surface area contributed by atoms with E-state index < -0.39 is 12.0 Å². The van der Waals surface area contributed by atoms with Gasteiger partial charge in [-0.25, -0.2) is 9.18 Å². The van der Waals surface area contributed by atoms with E-state index in [1.165, 1.54) is 0 Å². The van der Waals surface area contributed by atoms with Gasteiger partial charge in [0.05, 0.1) is 0 Å². The Hall–Kier alpha value is -1.94. The molecule has 0 bridgehead atoms. The van der Waals surface area contributed by atoms with E-state index in [0.717, 1.165) is 5.56 Å². The summed E-state index contributed by atoms with van der Waals surface area (Å²) in [4.78, 5) is 14.2. The summed E-state index contributed by atoms with van der Waals surface area (Å²) in [5.74, 6) is -0.663. The normalized spacial score (nSPS) is 17.5. The van der Waals surface area contributed by atoms with Crippen LogP contribution in [0.1, 0.15) is 31.4 Å². The van der Waals surface area contributed by atoms with Gasteiger partial charge in [0.25, 0.3) is 0 Å². The van der Waals surface area contributed by atoms with Crippen molar-refractivity contribution < 1.29 is 13.9 Å². The Bertz CT molecular complexity index is 578. The van der Waals surface area contributed by atoms with Gasteiger partial charge in [0.15, 0.2) is 0 Å². The third-order valence-corrected chi connectivity index (χ3v) is 3.74. The Morgan fingerprint density at radius 2 is 1.95 bits per heavy atom.